The molecule has 0 saturated heterocycles. The zero-order valence-corrected chi connectivity index (χ0v) is 11.3. The summed E-state index contributed by atoms with van der Waals surface area (Å²) in [4.78, 5) is 12.0. The maximum Gasteiger partial charge on any atom is 0.267 e. The van der Waals surface area contributed by atoms with Crippen LogP contribution in [0, 0.1) is 17.1 Å². The van der Waals surface area contributed by atoms with Gasteiger partial charge in [0.05, 0.1) is 23.9 Å². The summed E-state index contributed by atoms with van der Waals surface area (Å²) >= 11 is 0. The minimum Gasteiger partial charge on any atom is -0.312 e. The lowest BCUT2D eigenvalue weighted by atomic mass is 10.1. The van der Waals surface area contributed by atoms with Gasteiger partial charge in [-0.15, -0.1) is 0 Å². The van der Waals surface area contributed by atoms with E-state index < -0.39 is 5.82 Å². The maximum absolute atomic E-state index is 13.9. The lowest BCUT2D eigenvalue weighted by Crippen LogP contribution is -2.32. The molecule has 2 aromatic rings. The molecule has 0 fully saturated rings. The molecule has 0 amide bonds. The van der Waals surface area contributed by atoms with Crippen LogP contribution in [0.4, 0.5) is 4.39 Å². The number of hydrogen-bond donors (Lipinski definition) is 1. The van der Waals surface area contributed by atoms with E-state index in [1.54, 1.807) is 6.07 Å². The van der Waals surface area contributed by atoms with Crippen molar-refractivity contribution in [1.82, 2.24) is 15.1 Å². The highest BCUT2D eigenvalue weighted by Gasteiger charge is 2.14. The highest BCUT2D eigenvalue weighted by atomic mass is 19.1. The van der Waals surface area contributed by atoms with E-state index in [4.69, 9.17) is 5.26 Å². The molecule has 1 aliphatic rings. The molecular weight excluding hydrogens is 271 g/mol. The summed E-state index contributed by atoms with van der Waals surface area (Å²) in [5.74, 6) is -0.498. The normalized spacial score (nSPS) is 13.5. The van der Waals surface area contributed by atoms with Crippen LogP contribution in [0.25, 0.3) is 0 Å². The Labute approximate surface area is 120 Å². The highest BCUT2D eigenvalue weighted by Crippen LogP contribution is 2.12. The SMILES string of the molecule is N#Cc1ccc(Cn2nc3c(cc2=O)CNCC3)c(F)c1. The number of nitrogens with zero attached hydrogens (tertiary/aromatic N) is 3. The summed E-state index contributed by atoms with van der Waals surface area (Å²) in [6, 6.07) is 7.65. The summed E-state index contributed by atoms with van der Waals surface area (Å²) in [7, 11) is 0. The van der Waals surface area contributed by atoms with Crippen molar-refractivity contribution < 1.29 is 4.39 Å². The van der Waals surface area contributed by atoms with Crippen LogP contribution in [0.3, 0.4) is 0 Å². The lowest BCUT2D eigenvalue weighted by Gasteiger charge is -2.17. The van der Waals surface area contributed by atoms with Crippen LogP contribution in [0.5, 0.6) is 0 Å². The van der Waals surface area contributed by atoms with E-state index >= 15 is 0 Å². The van der Waals surface area contributed by atoms with E-state index in [9.17, 15) is 9.18 Å². The van der Waals surface area contributed by atoms with Crippen LogP contribution in [0.15, 0.2) is 29.1 Å². The Bertz CT molecular complexity index is 791. The predicted molar refractivity (Wildman–Crippen MR) is 74.1 cm³/mol. The fourth-order valence-electron chi connectivity index (χ4n) is 2.38. The number of nitrogens with one attached hydrogen (secondary N) is 1. The molecule has 0 unspecified atom stereocenters. The fraction of sp³-hybridized carbons (Fsp3) is 0.267. The summed E-state index contributed by atoms with van der Waals surface area (Å²) in [6.07, 6.45) is 0.755. The van der Waals surface area contributed by atoms with Gasteiger partial charge >= 0.3 is 0 Å². The molecule has 0 aliphatic carbocycles. The molecular formula is C15H13FN4O. The Balaban J connectivity index is 1.95. The van der Waals surface area contributed by atoms with E-state index in [0.717, 1.165) is 24.2 Å². The third kappa shape index (κ3) is 2.69. The molecule has 3 rings (SSSR count). The van der Waals surface area contributed by atoms with Gasteiger partial charge < -0.3 is 5.32 Å². The van der Waals surface area contributed by atoms with Gasteiger partial charge in [0.1, 0.15) is 5.82 Å². The Kier molecular flexibility index (Phi) is 3.50. The standard InChI is InChI=1S/C15H13FN4O/c16-13-5-10(7-17)1-2-11(13)9-20-15(21)6-12-8-18-4-3-14(12)19-20/h1-2,5-6,18H,3-4,8-9H2. The van der Waals surface area contributed by atoms with Crippen LogP contribution in [0.1, 0.15) is 22.4 Å². The zero-order chi connectivity index (χ0) is 14.8. The number of fused-ring (bicyclic) bond motifs is 1. The van der Waals surface area contributed by atoms with Crippen molar-refractivity contribution in [2.24, 2.45) is 0 Å². The molecule has 106 valence electrons. The van der Waals surface area contributed by atoms with Gasteiger partial charge in [0.25, 0.3) is 5.56 Å². The van der Waals surface area contributed by atoms with Gasteiger partial charge in [-0.2, -0.15) is 10.4 Å². The molecule has 0 bridgehead atoms. The van der Waals surface area contributed by atoms with Crippen LogP contribution in [0.2, 0.25) is 0 Å². The van der Waals surface area contributed by atoms with Gasteiger partial charge in [-0.3, -0.25) is 4.79 Å². The smallest absolute Gasteiger partial charge is 0.267 e. The summed E-state index contributed by atoms with van der Waals surface area (Å²) < 4.78 is 15.2. The van der Waals surface area contributed by atoms with Gasteiger partial charge in [-0.25, -0.2) is 9.07 Å². The van der Waals surface area contributed by atoms with E-state index in [0.29, 0.717) is 12.1 Å². The largest absolute Gasteiger partial charge is 0.312 e. The molecule has 6 heteroatoms. The topological polar surface area (TPSA) is 70.7 Å². The quantitative estimate of drug-likeness (QED) is 0.891. The highest BCUT2D eigenvalue weighted by molar-refractivity contribution is 5.33. The Morgan fingerprint density at radius 2 is 2.29 bits per heavy atom. The monoisotopic (exact) mass is 284 g/mol. The first-order chi connectivity index (χ1) is 10.2. The number of aromatic nitrogens is 2. The number of rotatable bonds is 2. The van der Waals surface area contributed by atoms with Crippen molar-refractivity contribution in [2.45, 2.75) is 19.5 Å². The molecule has 1 aromatic heterocycles. The molecule has 0 radical (unpaired) electrons. The molecule has 1 aromatic carbocycles. The van der Waals surface area contributed by atoms with Crippen molar-refractivity contribution in [3.05, 3.63) is 62.8 Å². The van der Waals surface area contributed by atoms with E-state index in [2.05, 4.69) is 10.4 Å². The van der Waals surface area contributed by atoms with Gasteiger partial charge in [0, 0.05) is 31.1 Å². The summed E-state index contributed by atoms with van der Waals surface area (Å²) in [5.41, 5.74) is 2.14. The molecule has 21 heavy (non-hydrogen) atoms. The predicted octanol–water partition coefficient (Wildman–Crippen LogP) is 0.948. The number of benzene rings is 1. The molecule has 1 aliphatic heterocycles. The van der Waals surface area contributed by atoms with Crippen LogP contribution < -0.4 is 10.9 Å². The molecule has 0 saturated carbocycles. The van der Waals surface area contributed by atoms with E-state index in [1.807, 2.05) is 6.07 Å². The second-order valence-corrected chi connectivity index (χ2v) is 4.96. The number of nitriles is 1. The minimum absolute atomic E-state index is 0.0666. The van der Waals surface area contributed by atoms with Gasteiger partial charge in [-0.1, -0.05) is 6.07 Å². The fourth-order valence-corrected chi connectivity index (χ4v) is 2.38. The maximum atomic E-state index is 13.9. The van der Waals surface area contributed by atoms with Gasteiger partial charge in [0.2, 0.25) is 0 Å². The first kappa shape index (κ1) is 13.5. The second-order valence-electron chi connectivity index (χ2n) is 4.96. The number of hydrogen-bond acceptors (Lipinski definition) is 4. The van der Waals surface area contributed by atoms with Crippen LogP contribution in [-0.2, 0) is 19.5 Å². The van der Waals surface area contributed by atoms with Crippen LogP contribution >= 0.6 is 0 Å². The Hall–Kier alpha value is -2.52. The Morgan fingerprint density at radius 3 is 3.05 bits per heavy atom. The van der Waals surface area contributed by atoms with Crippen molar-refractivity contribution in [3.8, 4) is 6.07 Å². The van der Waals surface area contributed by atoms with E-state index in [1.165, 1.54) is 22.9 Å². The van der Waals surface area contributed by atoms with Gasteiger partial charge in [-0.05, 0) is 17.7 Å². The Morgan fingerprint density at radius 1 is 1.43 bits per heavy atom. The average molecular weight is 284 g/mol. The average Bonchev–Trinajstić information content (AvgIpc) is 2.49. The molecule has 5 nitrogen and oxygen atoms in total. The molecule has 2 heterocycles. The van der Waals surface area contributed by atoms with Crippen LogP contribution in [-0.4, -0.2) is 16.3 Å². The lowest BCUT2D eigenvalue weighted by molar-refractivity contribution is 0.542. The third-order valence-corrected chi connectivity index (χ3v) is 3.52. The summed E-state index contributed by atoms with van der Waals surface area (Å²) in [5, 5.41) is 16.2. The first-order valence-corrected chi connectivity index (χ1v) is 6.66. The van der Waals surface area contributed by atoms with E-state index in [-0.39, 0.29) is 17.7 Å². The first-order valence-electron chi connectivity index (χ1n) is 6.66. The minimum atomic E-state index is -0.498. The molecule has 1 N–H and O–H groups in total. The third-order valence-electron chi connectivity index (χ3n) is 3.52. The van der Waals surface area contributed by atoms with Crippen molar-refractivity contribution in [1.29, 1.82) is 5.26 Å². The van der Waals surface area contributed by atoms with Gasteiger partial charge in [0.15, 0.2) is 0 Å². The molecule has 0 spiro atoms. The second kappa shape index (κ2) is 5.46. The zero-order valence-electron chi connectivity index (χ0n) is 11.3. The summed E-state index contributed by atoms with van der Waals surface area (Å²) in [6.45, 7) is 1.53. The van der Waals surface area contributed by atoms with Crippen molar-refractivity contribution in [3.63, 3.8) is 0 Å². The van der Waals surface area contributed by atoms with Crippen molar-refractivity contribution >= 4 is 0 Å². The number of halogens is 1. The van der Waals surface area contributed by atoms with Crippen molar-refractivity contribution in [2.75, 3.05) is 6.54 Å². The molecule has 0 atom stereocenters.